The average Bonchev–Trinajstić information content (AvgIpc) is 3.38. The predicted octanol–water partition coefficient (Wildman–Crippen LogP) is 5.92. The number of nitrogens with two attached hydrogens (primary N) is 2. The van der Waals surface area contributed by atoms with E-state index in [0.717, 1.165) is 68.5 Å². The molecule has 230 valence electrons. The largest absolute Gasteiger partial charge is 0.760 e. The van der Waals surface area contributed by atoms with Crippen molar-refractivity contribution in [3.63, 3.8) is 0 Å². The lowest BCUT2D eigenvalue weighted by Gasteiger charge is -2.41. The van der Waals surface area contributed by atoms with E-state index in [0.29, 0.717) is 39.6 Å². The summed E-state index contributed by atoms with van der Waals surface area (Å²) in [5.41, 5.74) is 9.50. The number of halogens is 4. The third kappa shape index (κ3) is 6.99. The second kappa shape index (κ2) is 13.7. The Morgan fingerprint density at radius 2 is 1.56 bits per heavy atom. The summed E-state index contributed by atoms with van der Waals surface area (Å²) in [6, 6.07) is 9.30. The number of piperazine rings is 1. The van der Waals surface area contributed by atoms with Crippen LogP contribution >= 0.6 is 34.8 Å². The molecule has 1 saturated heterocycles. The van der Waals surface area contributed by atoms with Crippen LogP contribution in [0.5, 0.6) is 0 Å². The van der Waals surface area contributed by atoms with Crippen LogP contribution in [0.25, 0.3) is 33.3 Å². The van der Waals surface area contributed by atoms with E-state index in [4.69, 9.17) is 49.3 Å². The van der Waals surface area contributed by atoms with Gasteiger partial charge in [-0.15, -0.1) is 0 Å². The quantitative estimate of drug-likeness (QED) is 0.204. The van der Waals surface area contributed by atoms with Crippen molar-refractivity contribution < 1.29 is 13.2 Å². The summed E-state index contributed by atoms with van der Waals surface area (Å²) in [5.74, 6) is -0.0336. The van der Waals surface area contributed by atoms with Crippen LogP contribution < -0.4 is 10.9 Å². The number of rotatable bonds is 4. The van der Waals surface area contributed by atoms with Gasteiger partial charge in [-0.1, -0.05) is 53.0 Å². The normalized spacial score (nSPS) is 20.5. The van der Waals surface area contributed by atoms with E-state index in [-0.39, 0.29) is 10.0 Å². The van der Waals surface area contributed by atoms with Crippen molar-refractivity contribution in [2.75, 3.05) is 39.0 Å². The molecule has 14 heteroatoms. The van der Waals surface area contributed by atoms with E-state index < -0.39 is 17.1 Å². The van der Waals surface area contributed by atoms with Gasteiger partial charge in [-0.05, 0) is 50.4 Å². The van der Waals surface area contributed by atoms with Crippen LogP contribution in [0.15, 0.2) is 42.9 Å². The molecule has 2 aromatic heterocycles. The Morgan fingerprint density at radius 3 is 2.21 bits per heavy atom. The highest BCUT2D eigenvalue weighted by Gasteiger charge is 2.30. The van der Waals surface area contributed by atoms with Gasteiger partial charge in [0.1, 0.15) is 23.6 Å². The van der Waals surface area contributed by atoms with Crippen molar-refractivity contribution in [1.29, 1.82) is 0 Å². The van der Waals surface area contributed by atoms with E-state index in [1.807, 2.05) is 6.07 Å². The second-order valence-corrected chi connectivity index (χ2v) is 12.6. The average molecular weight is 668 g/mol. The molecule has 3 heterocycles. The second-order valence-electron chi connectivity index (χ2n) is 10.9. The van der Waals surface area contributed by atoms with Crippen LogP contribution in [0.4, 0.5) is 10.2 Å². The fourth-order valence-corrected chi connectivity index (χ4v) is 6.77. The van der Waals surface area contributed by atoms with Crippen molar-refractivity contribution in [2.24, 2.45) is 5.14 Å². The molecule has 43 heavy (non-hydrogen) atoms. The summed E-state index contributed by atoms with van der Waals surface area (Å²) in [4.78, 5) is 13.9. The lowest BCUT2D eigenvalue weighted by atomic mass is 9.89. The van der Waals surface area contributed by atoms with Gasteiger partial charge in [0.05, 0.1) is 20.5 Å². The predicted molar refractivity (Wildman–Crippen MR) is 171 cm³/mol. The van der Waals surface area contributed by atoms with Gasteiger partial charge in [0, 0.05) is 72.4 Å². The Kier molecular flexibility index (Phi) is 10.2. The molecule has 0 spiro atoms. The van der Waals surface area contributed by atoms with E-state index in [9.17, 15) is 0 Å². The SMILES string of the molecule is CN1CCN(C2CCC(n3cc(-c4ccc(-c5ccc(Cl)c(Cl)c5Cl)c(F)c4)c4c(N)ncnc43)CC2)CC1.NS(=O)[O-]. The van der Waals surface area contributed by atoms with Gasteiger partial charge >= 0.3 is 0 Å². The number of nitrogens with zero attached hydrogens (tertiary/aromatic N) is 5. The first kappa shape index (κ1) is 32.1. The van der Waals surface area contributed by atoms with E-state index in [1.165, 1.54) is 12.4 Å². The molecule has 2 aliphatic rings. The van der Waals surface area contributed by atoms with Gasteiger partial charge in [-0.3, -0.25) is 14.2 Å². The first-order chi connectivity index (χ1) is 20.5. The maximum Gasteiger partial charge on any atom is 0.146 e. The van der Waals surface area contributed by atoms with Gasteiger partial charge in [0.25, 0.3) is 0 Å². The van der Waals surface area contributed by atoms with Crippen molar-refractivity contribution >= 4 is 62.9 Å². The fraction of sp³-hybridized carbons (Fsp3) is 0.379. The number of anilines is 1. The highest BCUT2D eigenvalue weighted by molar-refractivity contribution is 7.76. The Labute approximate surface area is 267 Å². The number of aromatic nitrogens is 3. The molecule has 2 fully saturated rings. The molecule has 1 aliphatic heterocycles. The zero-order valence-corrected chi connectivity index (χ0v) is 26.6. The number of hydrogen-bond acceptors (Lipinski definition) is 7. The monoisotopic (exact) mass is 666 g/mol. The zero-order valence-electron chi connectivity index (χ0n) is 23.5. The van der Waals surface area contributed by atoms with Crippen molar-refractivity contribution in [1.82, 2.24) is 24.3 Å². The maximum atomic E-state index is 15.5. The Morgan fingerprint density at radius 1 is 0.930 bits per heavy atom. The summed E-state index contributed by atoms with van der Waals surface area (Å²) < 4.78 is 35.3. The summed E-state index contributed by atoms with van der Waals surface area (Å²) >= 11 is 16.3. The summed E-state index contributed by atoms with van der Waals surface area (Å²) in [6.45, 7) is 4.55. The number of hydrogen-bond donors (Lipinski definition) is 2. The van der Waals surface area contributed by atoms with Gasteiger partial charge < -0.3 is 19.8 Å². The first-order valence-corrected chi connectivity index (χ1v) is 16.1. The summed E-state index contributed by atoms with van der Waals surface area (Å²) in [7, 11) is 2.19. The minimum atomic E-state index is -2.36. The molecular weight excluding hydrogens is 636 g/mol. The van der Waals surface area contributed by atoms with E-state index >= 15 is 4.39 Å². The highest BCUT2D eigenvalue weighted by atomic mass is 35.5. The third-order valence-corrected chi connectivity index (χ3v) is 9.65. The molecule has 1 atom stereocenters. The molecule has 1 unspecified atom stereocenters. The molecule has 4 N–H and O–H groups in total. The molecule has 2 aromatic carbocycles. The molecule has 9 nitrogen and oxygen atoms in total. The van der Waals surface area contributed by atoms with Gasteiger partial charge in [0.2, 0.25) is 0 Å². The molecule has 4 aromatic rings. The van der Waals surface area contributed by atoms with Crippen molar-refractivity contribution in [3.8, 4) is 22.3 Å². The summed E-state index contributed by atoms with van der Waals surface area (Å²) in [5, 5.41) is 5.52. The summed E-state index contributed by atoms with van der Waals surface area (Å²) in [6.07, 6.45) is 8.00. The van der Waals surface area contributed by atoms with Crippen LogP contribution in [-0.2, 0) is 11.3 Å². The zero-order chi connectivity index (χ0) is 30.8. The van der Waals surface area contributed by atoms with E-state index in [1.54, 1.807) is 18.2 Å². The minimum absolute atomic E-state index is 0.203. The lowest BCUT2D eigenvalue weighted by molar-refractivity contribution is 0.0828. The molecule has 1 saturated carbocycles. The van der Waals surface area contributed by atoms with Gasteiger partial charge in [-0.2, -0.15) is 0 Å². The first-order valence-electron chi connectivity index (χ1n) is 13.9. The van der Waals surface area contributed by atoms with Crippen molar-refractivity contribution in [2.45, 2.75) is 37.8 Å². The van der Waals surface area contributed by atoms with Crippen LogP contribution in [0.3, 0.4) is 0 Å². The fourth-order valence-electron chi connectivity index (χ4n) is 6.13. The maximum absolute atomic E-state index is 15.5. The number of fused-ring (bicyclic) bond motifs is 1. The van der Waals surface area contributed by atoms with Crippen LogP contribution in [0, 0.1) is 5.82 Å². The van der Waals surface area contributed by atoms with E-state index in [2.05, 4.69) is 42.7 Å². The number of nitrogen functional groups attached to an aromatic ring is 1. The standard InChI is InChI=1S/C29H30Cl3FN6.H3NO2S/c1-37-10-12-38(13-11-37)18-3-5-19(6-4-18)39-15-22(25-28(34)35-16-36-29(25)39)17-2-7-20(24(33)14-17)21-8-9-23(30)27(32)26(21)31;1-4(2)3/h2,7-9,14-16,18-19H,3-6,10-13H2,1H3,(H2,34,35,36);1H2,(H,2,3)/p-1. The number of benzene rings is 2. The van der Waals surface area contributed by atoms with Crippen molar-refractivity contribution in [3.05, 3.63) is 63.7 Å². The molecule has 0 amide bonds. The topological polar surface area (TPSA) is 129 Å². The lowest BCUT2D eigenvalue weighted by Crippen LogP contribution is -2.49. The molecule has 1 aliphatic carbocycles. The van der Waals surface area contributed by atoms with Gasteiger partial charge in [0.15, 0.2) is 0 Å². The Balaban J connectivity index is 0.000000868. The number of likely N-dealkylation sites (N-methyl/N-ethyl adjacent to an activating group) is 1. The van der Waals surface area contributed by atoms with Crippen LogP contribution in [0.2, 0.25) is 15.1 Å². The Bertz CT molecular complexity index is 1640. The minimum Gasteiger partial charge on any atom is -0.760 e. The Hall–Kier alpha value is -2.35. The highest BCUT2D eigenvalue weighted by Crippen LogP contribution is 2.42. The van der Waals surface area contributed by atoms with Gasteiger partial charge in [-0.25, -0.2) is 14.4 Å². The molecule has 0 radical (unpaired) electrons. The third-order valence-electron chi connectivity index (χ3n) is 8.36. The van der Waals surface area contributed by atoms with Crippen LogP contribution in [-0.4, -0.2) is 72.4 Å². The molecule has 6 rings (SSSR count). The molecular formula is C29H32Cl3FN7O2S-. The smallest absolute Gasteiger partial charge is 0.146 e. The van der Waals surface area contributed by atoms with Crippen LogP contribution in [0.1, 0.15) is 31.7 Å². The molecule has 0 bridgehead atoms.